The van der Waals surface area contributed by atoms with E-state index in [0.29, 0.717) is 19.4 Å². The molecule has 506 valence electrons. The van der Waals surface area contributed by atoms with E-state index >= 15 is 0 Å². The van der Waals surface area contributed by atoms with Crippen LogP contribution in [-0.4, -0.2) is 47.4 Å². The molecule has 2 atom stereocenters. The highest BCUT2D eigenvalue weighted by Gasteiger charge is 2.18. The summed E-state index contributed by atoms with van der Waals surface area (Å²) in [6.45, 7) is 4.90. The summed E-state index contributed by atoms with van der Waals surface area (Å²) in [5.41, 5.74) is 0. The van der Waals surface area contributed by atoms with Crippen LogP contribution < -0.4 is 5.32 Å². The number of nitrogens with one attached hydrogen (secondary N) is 1. The number of unbranched alkanes of at least 4 members (excludes halogenated alkanes) is 56. The van der Waals surface area contributed by atoms with Crippen molar-refractivity contribution in [1.82, 2.24) is 5.32 Å². The second kappa shape index (κ2) is 75.3. The number of rotatable bonds is 73. The molecule has 0 fully saturated rings. The highest BCUT2D eigenvalue weighted by atomic mass is 16.5. The Labute approximate surface area is 537 Å². The number of esters is 1. The SMILES string of the molecule is CCCCC/C=C\C/C=C\CCCCCCCCCCCC(=O)OCCCCCCCCCCCCCCCCCCCC/C=C\CCCCCCCCCCCCCCCCCCCC(=O)NC(CO)C(O)/C=C/CCCCCCCCCCC. The minimum atomic E-state index is -0.840. The van der Waals surface area contributed by atoms with Crippen LogP contribution >= 0.6 is 0 Å². The molecule has 6 heteroatoms. The van der Waals surface area contributed by atoms with Crippen LogP contribution in [0.3, 0.4) is 0 Å². The summed E-state index contributed by atoms with van der Waals surface area (Å²) in [4.78, 5) is 24.6. The van der Waals surface area contributed by atoms with Crippen molar-refractivity contribution in [3.63, 3.8) is 0 Å². The number of ether oxygens (including phenoxy) is 1. The number of aliphatic hydroxyl groups excluding tert-OH is 2. The molecule has 0 bridgehead atoms. The van der Waals surface area contributed by atoms with Gasteiger partial charge in [0.25, 0.3) is 0 Å². The molecule has 0 heterocycles. The predicted octanol–water partition coefficient (Wildman–Crippen LogP) is 25.6. The van der Waals surface area contributed by atoms with Crippen molar-refractivity contribution >= 4 is 11.9 Å². The Morgan fingerprint density at radius 3 is 0.919 bits per heavy atom. The topological polar surface area (TPSA) is 95.9 Å². The number of hydrogen-bond acceptors (Lipinski definition) is 5. The van der Waals surface area contributed by atoms with Gasteiger partial charge in [-0.3, -0.25) is 9.59 Å². The Morgan fingerprint density at radius 2 is 0.581 bits per heavy atom. The summed E-state index contributed by atoms with van der Waals surface area (Å²) < 4.78 is 5.52. The Kier molecular flexibility index (Phi) is 73.4. The molecular formula is C80H151NO5. The summed E-state index contributed by atoms with van der Waals surface area (Å²) in [6.07, 6.45) is 99.6. The molecule has 0 aliphatic rings. The lowest BCUT2D eigenvalue weighted by atomic mass is 10.0. The first-order valence-corrected chi connectivity index (χ1v) is 38.9. The first kappa shape index (κ1) is 83.8. The molecular weight excluding hydrogens is 1050 g/mol. The third-order valence-corrected chi connectivity index (χ3v) is 18.1. The van der Waals surface area contributed by atoms with E-state index in [1.807, 2.05) is 6.08 Å². The minimum Gasteiger partial charge on any atom is -0.466 e. The van der Waals surface area contributed by atoms with Gasteiger partial charge in [-0.25, -0.2) is 0 Å². The van der Waals surface area contributed by atoms with Gasteiger partial charge in [0.05, 0.1) is 25.4 Å². The van der Waals surface area contributed by atoms with Gasteiger partial charge in [0.1, 0.15) is 0 Å². The number of amides is 1. The van der Waals surface area contributed by atoms with E-state index in [-0.39, 0.29) is 18.5 Å². The minimum absolute atomic E-state index is 0.0188. The molecule has 1 amide bonds. The monoisotopic (exact) mass is 1210 g/mol. The van der Waals surface area contributed by atoms with Crippen molar-refractivity contribution in [1.29, 1.82) is 0 Å². The van der Waals surface area contributed by atoms with Gasteiger partial charge < -0.3 is 20.3 Å². The smallest absolute Gasteiger partial charge is 0.305 e. The van der Waals surface area contributed by atoms with Gasteiger partial charge in [-0.2, -0.15) is 0 Å². The van der Waals surface area contributed by atoms with E-state index in [0.717, 1.165) is 44.9 Å². The quantitative estimate of drug-likeness (QED) is 0.0320. The first-order chi connectivity index (χ1) is 42.5. The molecule has 2 unspecified atom stereocenters. The molecule has 0 aromatic rings. The first-order valence-electron chi connectivity index (χ1n) is 38.9. The lowest BCUT2D eigenvalue weighted by Gasteiger charge is -2.20. The molecule has 0 saturated carbocycles. The lowest BCUT2D eigenvalue weighted by molar-refractivity contribution is -0.143. The summed E-state index contributed by atoms with van der Waals surface area (Å²) in [5, 5.41) is 23.1. The van der Waals surface area contributed by atoms with E-state index in [1.54, 1.807) is 6.08 Å². The van der Waals surface area contributed by atoms with Gasteiger partial charge in [0, 0.05) is 12.8 Å². The fourth-order valence-electron chi connectivity index (χ4n) is 12.1. The predicted molar refractivity (Wildman–Crippen MR) is 379 cm³/mol. The van der Waals surface area contributed by atoms with Crippen LogP contribution in [0.5, 0.6) is 0 Å². The maximum absolute atomic E-state index is 12.4. The number of carbonyl (C=O) groups excluding carboxylic acids is 2. The van der Waals surface area contributed by atoms with Gasteiger partial charge in [-0.1, -0.05) is 371 Å². The maximum atomic E-state index is 12.4. The summed E-state index contributed by atoms with van der Waals surface area (Å²) >= 11 is 0. The molecule has 0 aromatic carbocycles. The average molecular weight is 1210 g/mol. The third kappa shape index (κ3) is 70.9. The number of aliphatic hydroxyl groups is 2. The zero-order chi connectivity index (χ0) is 62.0. The highest BCUT2D eigenvalue weighted by molar-refractivity contribution is 5.76. The molecule has 6 nitrogen and oxygen atoms in total. The number of allylic oxidation sites excluding steroid dienone is 7. The molecule has 0 rings (SSSR count). The largest absolute Gasteiger partial charge is 0.466 e. The van der Waals surface area contributed by atoms with Crippen molar-refractivity contribution in [3.8, 4) is 0 Å². The van der Waals surface area contributed by atoms with Crippen LogP contribution in [0.15, 0.2) is 48.6 Å². The van der Waals surface area contributed by atoms with Gasteiger partial charge in [0.2, 0.25) is 5.91 Å². The van der Waals surface area contributed by atoms with Crippen molar-refractivity contribution in [2.45, 2.75) is 437 Å². The van der Waals surface area contributed by atoms with Gasteiger partial charge in [-0.05, 0) is 89.9 Å². The Bertz CT molecular complexity index is 1440. The normalized spacial score (nSPS) is 12.7. The summed E-state index contributed by atoms with van der Waals surface area (Å²) in [6, 6.07) is -0.623. The van der Waals surface area contributed by atoms with E-state index in [1.165, 1.54) is 353 Å². The Balaban J connectivity index is 3.31. The van der Waals surface area contributed by atoms with E-state index in [9.17, 15) is 19.8 Å². The second-order valence-corrected chi connectivity index (χ2v) is 26.7. The van der Waals surface area contributed by atoms with Crippen LogP contribution in [0.4, 0.5) is 0 Å². The Morgan fingerprint density at radius 1 is 0.326 bits per heavy atom. The van der Waals surface area contributed by atoms with Crippen LogP contribution in [0.1, 0.15) is 425 Å². The van der Waals surface area contributed by atoms with Crippen LogP contribution in [0.25, 0.3) is 0 Å². The van der Waals surface area contributed by atoms with Gasteiger partial charge in [-0.15, -0.1) is 0 Å². The highest BCUT2D eigenvalue weighted by Crippen LogP contribution is 2.19. The Hall–Kier alpha value is -2.18. The van der Waals surface area contributed by atoms with Crippen molar-refractivity contribution in [3.05, 3.63) is 48.6 Å². The molecule has 0 aliphatic carbocycles. The molecule has 86 heavy (non-hydrogen) atoms. The fourth-order valence-corrected chi connectivity index (χ4v) is 12.1. The van der Waals surface area contributed by atoms with E-state index in [2.05, 4.69) is 55.6 Å². The second-order valence-electron chi connectivity index (χ2n) is 26.7. The third-order valence-electron chi connectivity index (χ3n) is 18.1. The zero-order valence-electron chi connectivity index (χ0n) is 58.1. The van der Waals surface area contributed by atoms with E-state index < -0.39 is 12.1 Å². The molecule has 0 radical (unpaired) electrons. The molecule has 0 saturated heterocycles. The lowest BCUT2D eigenvalue weighted by Crippen LogP contribution is -2.45. The van der Waals surface area contributed by atoms with Gasteiger partial charge in [0.15, 0.2) is 0 Å². The summed E-state index contributed by atoms with van der Waals surface area (Å²) in [5.74, 6) is -0.0446. The number of carbonyl (C=O) groups is 2. The average Bonchev–Trinajstić information content (AvgIpc) is 3.58. The van der Waals surface area contributed by atoms with Gasteiger partial charge >= 0.3 is 5.97 Å². The van der Waals surface area contributed by atoms with Crippen molar-refractivity contribution < 1.29 is 24.5 Å². The fraction of sp³-hybridized carbons (Fsp3) is 0.875. The molecule has 0 spiro atoms. The van der Waals surface area contributed by atoms with E-state index in [4.69, 9.17) is 4.74 Å². The summed E-state index contributed by atoms with van der Waals surface area (Å²) in [7, 11) is 0. The van der Waals surface area contributed by atoms with Crippen molar-refractivity contribution in [2.75, 3.05) is 13.2 Å². The molecule has 0 aromatic heterocycles. The zero-order valence-corrected chi connectivity index (χ0v) is 58.1. The van der Waals surface area contributed by atoms with Crippen LogP contribution in [-0.2, 0) is 14.3 Å². The number of hydrogen-bond donors (Lipinski definition) is 3. The maximum Gasteiger partial charge on any atom is 0.305 e. The molecule has 3 N–H and O–H groups in total. The van der Waals surface area contributed by atoms with Crippen LogP contribution in [0.2, 0.25) is 0 Å². The van der Waals surface area contributed by atoms with Crippen LogP contribution in [0, 0.1) is 0 Å². The molecule has 0 aliphatic heterocycles. The standard InChI is InChI=1S/C80H151NO5/c1-3-5-7-9-11-13-15-16-17-18-40-44-47-50-54-58-62-66-70-74-80(85)86-75-71-67-63-59-55-51-48-45-42-39-37-35-33-31-29-27-25-23-21-19-20-22-24-26-28-30-32-34-36-38-41-43-46-49-53-57-61-65-69-73-79(84)81-77(76-82)78(83)72-68-64-60-56-52-14-12-10-8-6-4-2/h11,13,16-17,19-20,68,72,77-78,82-83H,3-10,12,14-15,18,21-67,69-71,73-76H2,1-2H3,(H,81,84)/b13-11-,17-16-,20-19-,72-68+. The van der Waals surface area contributed by atoms with Crippen molar-refractivity contribution in [2.24, 2.45) is 0 Å².